The van der Waals surface area contributed by atoms with Crippen LogP contribution in [-0.2, 0) is 6.54 Å². The minimum Gasteiger partial charge on any atom is -0.339 e. The van der Waals surface area contributed by atoms with Gasteiger partial charge in [-0.15, -0.1) is 0 Å². The van der Waals surface area contributed by atoms with E-state index in [1.807, 2.05) is 12.1 Å². The van der Waals surface area contributed by atoms with Crippen molar-refractivity contribution in [3.8, 4) is 23.3 Å². The number of nitrogens with zero attached hydrogens (tertiary/aromatic N) is 7. The second kappa shape index (κ2) is 5.56. The number of benzene rings is 1. The average molecular weight is 333 g/mol. The Morgan fingerprint density at radius 2 is 1.92 bits per heavy atom. The zero-order valence-electron chi connectivity index (χ0n) is 13.8. The van der Waals surface area contributed by atoms with Crippen LogP contribution in [0.1, 0.15) is 21.9 Å². The van der Waals surface area contributed by atoms with E-state index in [0.717, 1.165) is 5.69 Å². The average Bonchev–Trinajstić information content (AvgIpc) is 3.22. The third-order valence-corrected chi connectivity index (χ3v) is 4.18. The van der Waals surface area contributed by atoms with E-state index in [-0.39, 0.29) is 5.91 Å². The van der Waals surface area contributed by atoms with Crippen LogP contribution in [0.25, 0.3) is 17.2 Å². The fraction of sp³-hybridized carbons (Fsp3) is 0.235. The van der Waals surface area contributed by atoms with E-state index >= 15 is 0 Å². The number of rotatable bonds is 2. The minimum absolute atomic E-state index is 0.0499. The highest BCUT2D eigenvalue weighted by atomic mass is 16.2. The van der Waals surface area contributed by atoms with Gasteiger partial charge in [-0.2, -0.15) is 15.5 Å². The molecule has 1 aliphatic heterocycles. The molecule has 1 aromatic carbocycles. The minimum atomic E-state index is -0.0499. The maximum atomic E-state index is 12.3. The molecule has 0 atom stereocenters. The van der Waals surface area contributed by atoms with Crippen molar-refractivity contribution >= 4 is 5.91 Å². The smallest absolute Gasteiger partial charge is 0.271 e. The first-order valence-electron chi connectivity index (χ1n) is 7.84. The lowest BCUT2D eigenvalue weighted by molar-refractivity contribution is 0.0743. The molecule has 3 heterocycles. The van der Waals surface area contributed by atoms with Crippen molar-refractivity contribution in [3.63, 3.8) is 0 Å². The van der Waals surface area contributed by atoms with Crippen LogP contribution in [-0.4, -0.2) is 48.9 Å². The van der Waals surface area contributed by atoms with Gasteiger partial charge in [0.2, 0.25) is 0 Å². The maximum absolute atomic E-state index is 12.3. The van der Waals surface area contributed by atoms with E-state index in [2.05, 4.69) is 21.3 Å². The Morgan fingerprint density at radius 1 is 1.16 bits per heavy atom. The predicted molar refractivity (Wildman–Crippen MR) is 89.0 cm³/mol. The summed E-state index contributed by atoms with van der Waals surface area (Å²) < 4.78 is 3.39. The lowest BCUT2D eigenvalue weighted by Crippen LogP contribution is -2.37. The number of hydrogen-bond donors (Lipinski definition) is 0. The van der Waals surface area contributed by atoms with Gasteiger partial charge in [0.1, 0.15) is 17.2 Å². The summed E-state index contributed by atoms with van der Waals surface area (Å²) in [6.45, 7) is 3.09. The van der Waals surface area contributed by atoms with Gasteiger partial charge in [0.25, 0.3) is 5.91 Å². The number of aryl methyl sites for hydroxylation is 1. The molecule has 0 saturated carbocycles. The first-order chi connectivity index (χ1) is 12.1. The van der Waals surface area contributed by atoms with Crippen LogP contribution in [0, 0.1) is 18.3 Å². The number of aromatic nitrogens is 5. The van der Waals surface area contributed by atoms with E-state index in [9.17, 15) is 4.79 Å². The molecule has 2 aromatic heterocycles. The molecule has 0 N–H and O–H groups in total. The van der Waals surface area contributed by atoms with Crippen molar-refractivity contribution in [1.82, 2.24) is 29.4 Å². The molecule has 8 nitrogen and oxygen atoms in total. The lowest BCUT2D eigenvalue weighted by atomic mass is 10.2. The summed E-state index contributed by atoms with van der Waals surface area (Å²) in [5.74, 6) is 1.12. The number of fused-ring (bicyclic) bond motifs is 1. The normalized spacial score (nSPS) is 13.6. The van der Waals surface area contributed by atoms with Gasteiger partial charge < -0.3 is 4.90 Å². The molecule has 0 aliphatic carbocycles. The molecule has 1 amide bonds. The van der Waals surface area contributed by atoms with Gasteiger partial charge >= 0.3 is 0 Å². The van der Waals surface area contributed by atoms with Crippen LogP contribution in [0.4, 0.5) is 0 Å². The summed E-state index contributed by atoms with van der Waals surface area (Å²) in [6, 6.07) is 10.9. The molecule has 0 spiro atoms. The molecule has 0 unspecified atom stereocenters. The first-order valence-corrected chi connectivity index (χ1v) is 7.84. The van der Waals surface area contributed by atoms with Gasteiger partial charge in [0, 0.05) is 19.7 Å². The van der Waals surface area contributed by atoms with Crippen molar-refractivity contribution in [2.24, 2.45) is 0 Å². The Bertz CT molecular complexity index is 1010. The maximum Gasteiger partial charge on any atom is 0.271 e. The molecule has 8 heteroatoms. The highest BCUT2D eigenvalue weighted by Crippen LogP contribution is 2.23. The van der Waals surface area contributed by atoms with Gasteiger partial charge in [-0.3, -0.25) is 9.48 Å². The summed E-state index contributed by atoms with van der Waals surface area (Å²) in [6.07, 6.45) is 0. The molecule has 0 bridgehead atoms. The van der Waals surface area contributed by atoms with E-state index in [1.54, 1.807) is 46.4 Å². The summed E-state index contributed by atoms with van der Waals surface area (Å²) in [7, 11) is 1.78. The molecule has 25 heavy (non-hydrogen) atoms. The van der Waals surface area contributed by atoms with Crippen molar-refractivity contribution in [2.45, 2.75) is 13.5 Å². The molecule has 4 rings (SSSR count). The second-order valence-corrected chi connectivity index (χ2v) is 5.92. The number of carbonyl (C=O) groups excluding carboxylic acids is 1. The van der Waals surface area contributed by atoms with Crippen molar-refractivity contribution in [2.75, 3.05) is 13.6 Å². The SMILES string of the molecule is Cc1nc(-c2cc3n(n2)CCN(C)C3=O)n(-c2ccc(C#N)cc2)n1. The molecular weight excluding hydrogens is 318 g/mol. The Morgan fingerprint density at radius 3 is 2.64 bits per heavy atom. The number of amides is 1. The Kier molecular flexibility index (Phi) is 3.35. The predicted octanol–water partition coefficient (Wildman–Crippen LogP) is 1.40. The van der Waals surface area contributed by atoms with Gasteiger partial charge in [-0.05, 0) is 31.2 Å². The molecular formula is C17H15N7O. The van der Waals surface area contributed by atoms with Crippen LogP contribution >= 0.6 is 0 Å². The topological polar surface area (TPSA) is 92.6 Å². The zero-order valence-corrected chi connectivity index (χ0v) is 13.8. The first kappa shape index (κ1) is 15.1. The molecule has 0 fully saturated rings. The third-order valence-electron chi connectivity index (χ3n) is 4.18. The number of likely N-dealkylation sites (N-methyl/N-ethyl adjacent to an activating group) is 1. The van der Waals surface area contributed by atoms with Crippen molar-refractivity contribution in [1.29, 1.82) is 5.26 Å². The molecule has 3 aromatic rings. The van der Waals surface area contributed by atoms with Crippen molar-refractivity contribution in [3.05, 3.63) is 47.4 Å². The monoisotopic (exact) mass is 333 g/mol. The van der Waals surface area contributed by atoms with Crippen LogP contribution in [0.5, 0.6) is 0 Å². The van der Waals surface area contributed by atoms with E-state index in [1.165, 1.54) is 0 Å². The molecule has 1 aliphatic rings. The second-order valence-electron chi connectivity index (χ2n) is 5.92. The Hall–Kier alpha value is -3.47. The van der Waals surface area contributed by atoms with E-state index in [4.69, 9.17) is 5.26 Å². The van der Waals surface area contributed by atoms with Crippen LogP contribution < -0.4 is 0 Å². The Labute approximate surface area is 143 Å². The summed E-state index contributed by atoms with van der Waals surface area (Å²) in [4.78, 5) is 18.4. The largest absolute Gasteiger partial charge is 0.339 e. The van der Waals surface area contributed by atoms with Crippen molar-refractivity contribution < 1.29 is 4.79 Å². The number of hydrogen-bond acceptors (Lipinski definition) is 5. The van der Waals surface area contributed by atoms with E-state index in [0.29, 0.717) is 41.7 Å². The highest BCUT2D eigenvalue weighted by Gasteiger charge is 2.26. The van der Waals surface area contributed by atoms with Gasteiger partial charge in [0.05, 0.1) is 23.9 Å². The quantitative estimate of drug-likeness (QED) is 0.707. The molecule has 0 radical (unpaired) electrons. The lowest BCUT2D eigenvalue weighted by Gasteiger charge is -2.22. The Balaban J connectivity index is 1.81. The fourth-order valence-electron chi connectivity index (χ4n) is 2.85. The molecule has 0 saturated heterocycles. The highest BCUT2D eigenvalue weighted by molar-refractivity contribution is 5.94. The van der Waals surface area contributed by atoms with Gasteiger partial charge in [-0.25, -0.2) is 9.67 Å². The van der Waals surface area contributed by atoms with Gasteiger partial charge in [0.15, 0.2) is 5.82 Å². The molecule has 124 valence electrons. The van der Waals surface area contributed by atoms with E-state index < -0.39 is 0 Å². The standard InChI is InChI=1S/C17H15N7O/c1-11-19-16(24(20-11)13-5-3-12(10-18)4-6-13)14-9-15-17(25)22(2)7-8-23(15)21-14/h3-6,9H,7-8H2,1-2H3. The summed E-state index contributed by atoms with van der Waals surface area (Å²) in [5, 5.41) is 17.9. The number of nitriles is 1. The summed E-state index contributed by atoms with van der Waals surface area (Å²) >= 11 is 0. The third kappa shape index (κ3) is 2.46. The summed E-state index contributed by atoms with van der Waals surface area (Å²) in [5.41, 5.74) is 2.51. The van der Waals surface area contributed by atoms with Crippen LogP contribution in [0.3, 0.4) is 0 Å². The number of carbonyl (C=O) groups is 1. The fourth-order valence-corrected chi connectivity index (χ4v) is 2.85. The van der Waals surface area contributed by atoms with Crippen LogP contribution in [0.15, 0.2) is 30.3 Å². The van der Waals surface area contributed by atoms with Crippen LogP contribution in [0.2, 0.25) is 0 Å². The zero-order chi connectivity index (χ0) is 17.6. The van der Waals surface area contributed by atoms with Gasteiger partial charge in [-0.1, -0.05) is 0 Å².